The average molecular weight is 346 g/mol. The highest BCUT2D eigenvalue weighted by Crippen LogP contribution is 1.86. The van der Waals surface area contributed by atoms with Gasteiger partial charge in [-0.25, -0.2) is 0 Å². The maximum Gasteiger partial charge on any atom is 0.152 e. The first-order valence-corrected chi connectivity index (χ1v) is 6.59. The van der Waals surface area contributed by atoms with Crippen LogP contribution in [0.2, 0.25) is 0 Å². The van der Waals surface area contributed by atoms with Crippen LogP contribution in [-0.4, -0.2) is 82.1 Å². The molecule has 0 aliphatic rings. The zero-order chi connectivity index (χ0) is 16.8. The van der Waals surface area contributed by atoms with Crippen molar-refractivity contribution in [3.05, 3.63) is 0 Å². The molecular weight excluding hydrogens is 320 g/mol. The molecule has 0 aromatic rings. The van der Waals surface area contributed by atoms with Gasteiger partial charge in [0, 0.05) is 14.2 Å². The number of ether oxygens (including phenoxy) is 11. The minimum absolute atomic E-state index is 0.0154. The van der Waals surface area contributed by atoms with E-state index in [1.54, 1.807) is 0 Å². The Hall–Kier alpha value is -0.440. The smallest absolute Gasteiger partial charge is 0.152 e. The zero-order valence-corrected chi connectivity index (χ0v) is 13.6. The van der Waals surface area contributed by atoms with Gasteiger partial charge in [-0.3, -0.25) is 0 Å². The summed E-state index contributed by atoms with van der Waals surface area (Å²) in [4.78, 5) is 0. The fourth-order valence-electron chi connectivity index (χ4n) is 0.944. The van der Waals surface area contributed by atoms with E-state index in [0.717, 1.165) is 0 Å². The van der Waals surface area contributed by atoms with Crippen LogP contribution in [0, 0.1) is 0 Å². The third-order valence-corrected chi connectivity index (χ3v) is 1.74. The van der Waals surface area contributed by atoms with Crippen molar-refractivity contribution in [2.24, 2.45) is 0 Å². The van der Waals surface area contributed by atoms with E-state index in [1.165, 1.54) is 14.2 Å². The van der Waals surface area contributed by atoms with Crippen molar-refractivity contribution < 1.29 is 52.1 Å². The Bertz CT molecular complexity index is 187. The predicted molar refractivity (Wildman–Crippen MR) is 72.5 cm³/mol. The van der Waals surface area contributed by atoms with Crippen LogP contribution < -0.4 is 0 Å². The van der Waals surface area contributed by atoms with Gasteiger partial charge in [0.2, 0.25) is 0 Å². The molecule has 0 rings (SSSR count). The van der Waals surface area contributed by atoms with Gasteiger partial charge in [-0.2, -0.15) is 0 Å². The summed E-state index contributed by atoms with van der Waals surface area (Å²) in [6.45, 7) is 0.671. The van der Waals surface area contributed by atoms with E-state index in [1.807, 2.05) is 0 Å². The summed E-state index contributed by atoms with van der Waals surface area (Å²) in [5, 5.41) is 0. The molecule has 0 spiro atoms. The zero-order valence-electron chi connectivity index (χ0n) is 13.6. The van der Waals surface area contributed by atoms with Crippen LogP contribution in [0.1, 0.15) is 0 Å². The van der Waals surface area contributed by atoms with Crippen molar-refractivity contribution in [3.8, 4) is 0 Å². The van der Waals surface area contributed by atoms with E-state index in [2.05, 4.69) is 9.47 Å². The molecule has 0 saturated carbocycles. The van der Waals surface area contributed by atoms with Gasteiger partial charge in [-0.1, -0.05) is 0 Å². The Labute approximate surface area is 135 Å². The topological polar surface area (TPSA) is 102 Å². The lowest BCUT2D eigenvalue weighted by atomic mass is 11.2. The fraction of sp³-hybridized carbons (Fsp3) is 1.00. The lowest BCUT2D eigenvalue weighted by molar-refractivity contribution is -0.231. The van der Waals surface area contributed by atoms with Gasteiger partial charge in [-0.15, -0.1) is 0 Å². The molecular formula is C12H26O11. The molecule has 0 heterocycles. The molecule has 0 bridgehead atoms. The van der Waals surface area contributed by atoms with Crippen LogP contribution in [0.4, 0.5) is 0 Å². The largest absolute Gasteiger partial charge is 0.359 e. The van der Waals surface area contributed by atoms with E-state index in [0.29, 0.717) is 0 Å². The van der Waals surface area contributed by atoms with Crippen LogP contribution in [0.15, 0.2) is 0 Å². The first-order chi connectivity index (χ1) is 11.4. The van der Waals surface area contributed by atoms with E-state index in [9.17, 15) is 0 Å². The molecule has 23 heavy (non-hydrogen) atoms. The molecule has 0 radical (unpaired) electrons. The Morgan fingerprint density at radius 1 is 0.304 bits per heavy atom. The summed E-state index contributed by atoms with van der Waals surface area (Å²) in [5.41, 5.74) is 0. The second-order valence-electron chi connectivity index (χ2n) is 3.59. The molecule has 0 amide bonds. The van der Waals surface area contributed by atoms with Crippen molar-refractivity contribution in [3.63, 3.8) is 0 Å². The maximum absolute atomic E-state index is 4.98. The molecule has 11 nitrogen and oxygen atoms in total. The third kappa shape index (κ3) is 21.6. The summed E-state index contributed by atoms with van der Waals surface area (Å²) in [5.74, 6) is 0. The molecule has 0 unspecified atom stereocenters. The monoisotopic (exact) mass is 346 g/mol. The number of methoxy groups -OCH3 is 2. The summed E-state index contributed by atoms with van der Waals surface area (Å²) < 4.78 is 53.8. The molecule has 0 aliphatic carbocycles. The predicted octanol–water partition coefficient (Wildman–Crippen LogP) is 0.00360. The fourth-order valence-corrected chi connectivity index (χ4v) is 0.944. The highest BCUT2D eigenvalue weighted by atomic mass is 16.8. The van der Waals surface area contributed by atoms with Crippen molar-refractivity contribution >= 4 is 0 Å². The third-order valence-electron chi connectivity index (χ3n) is 1.74. The van der Waals surface area contributed by atoms with E-state index in [-0.39, 0.29) is 67.9 Å². The Morgan fingerprint density at radius 3 is 0.652 bits per heavy atom. The number of rotatable bonds is 20. The molecule has 11 heteroatoms. The Morgan fingerprint density at radius 2 is 0.478 bits per heavy atom. The van der Waals surface area contributed by atoms with Gasteiger partial charge in [-0.05, 0) is 0 Å². The summed E-state index contributed by atoms with van der Waals surface area (Å²) in [7, 11) is 3.04. The second-order valence-corrected chi connectivity index (χ2v) is 3.59. The summed E-state index contributed by atoms with van der Waals surface area (Å²) >= 11 is 0. The van der Waals surface area contributed by atoms with Gasteiger partial charge in [0.15, 0.2) is 54.3 Å². The van der Waals surface area contributed by atoms with Crippen molar-refractivity contribution in [1.82, 2.24) is 0 Å². The standard InChI is InChI=1S/C12H26O11/c1-13-3-15-5-17-7-19-9-21-11-23-12-22-10-20-8-18-6-16-4-14-2/h3-12H2,1-2H3. The van der Waals surface area contributed by atoms with Gasteiger partial charge in [0.1, 0.15) is 13.6 Å². The van der Waals surface area contributed by atoms with Crippen molar-refractivity contribution in [1.29, 1.82) is 0 Å². The highest BCUT2D eigenvalue weighted by Gasteiger charge is 1.92. The molecule has 0 aliphatic heterocycles. The van der Waals surface area contributed by atoms with Gasteiger partial charge in [0.05, 0.1) is 0 Å². The van der Waals surface area contributed by atoms with Crippen LogP contribution in [-0.2, 0) is 52.1 Å². The van der Waals surface area contributed by atoms with E-state index >= 15 is 0 Å². The molecule has 0 saturated heterocycles. The van der Waals surface area contributed by atoms with Crippen LogP contribution in [0.25, 0.3) is 0 Å². The Balaban J connectivity index is 2.92. The van der Waals surface area contributed by atoms with Gasteiger partial charge >= 0.3 is 0 Å². The Kier molecular flexibility index (Phi) is 21.1. The normalized spacial score (nSPS) is 11.2. The minimum atomic E-state index is 0.0154. The van der Waals surface area contributed by atoms with Crippen molar-refractivity contribution in [2.45, 2.75) is 0 Å². The van der Waals surface area contributed by atoms with Gasteiger partial charge < -0.3 is 52.1 Å². The second kappa shape index (κ2) is 21.6. The van der Waals surface area contributed by atoms with E-state index in [4.69, 9.17) is 42.6 Å². The van der Waals surface area contributed by atoms with Gasteiger partial charge in [0.25, 0.3) is 0 Å². The van der Waals surface area contributed by atoms with Crippen molar-refractivity contribution in [2.75, 3.05) is 82.1 Å². The SMILES string of the molecule is COCOCOCOCOCOCOCOCOCOCOC. The maximum atomic E-state index is 4.98. The lowest BCUT2D eigenvalue weighted by Crippen LogP contribution is -2.12. The molecule has 0 aromatic heterocycles. The minimum Gasteiger partial charge on any atom is -0.359 e. The quantitative estimate of drug-likeness (QED) is 0.220. The summed E-state index contributed by atoms with van der Waals surface area (Å²) in [6, 6.07) is 0. The van der Waals surface area contributed by atoms with Crippen LogP contribution in [0.5, 0.6) is 0 Å². The lowest BCUT2D eigenvalue weighted by Gasteiger charge is -2.09. The first kappa shape index (κ1) is 22.6. The van der Waals surface area contributed by atoms with Crippen LogP contribution in [0.3, 0.4) is 0 Å². The molecule has 0 atom stereocenters. The first-order valence-electron chi connectivity index (χ1n) is 6.59. The molecule has 0 aromatic carbocycles. The van der Waals surface area contributed by atoms with Crippen LogP contribution >= 0.6 is 0 Å². The number of hydrogen-bond acceptors (Lipinski definition) is 11. The molecule has 140 valence electrons. The average Bonchev–Trinajstić information content (AvgIpc) is 2.57. The molecule has 0 N–H and O–H groups in total. The summed E-state index contributed by atoms with van der Waals surface area (Å²) in [6.07, 6.45) is 0. The number of hydrogen-bond donors (Lipinski definition) is 0. The van der Waals surface area contributed by atoms with E-state index < -0.39 is 0 Å². The molecule has 0 fully saturated rings. The highest BCUT2D eigenvalue weighted by molar-refractivity contribution is 4.09.